The van der Waals surface area contributed by atoms with E-state index in [0.29, 0.717) is 36.1 Å². The molecule has 8 heteroatoms. The van der Waals surface area contributed by atoms with Gasteiger partial charge in [0.15, 0.2) is 16.9 Å². The molecule has 0 radical (unpaired) electrons. The molecule has 0 spiro atoms. The third-order valence-corrected chi connectivity index (χ3v) is 7.01. The number of rotatable bonds is 10. The molecule has 1 aromatic carbocycles. The smallest absolute Gasteiger partial charge is 0.280 e. The molecule has 0 aliphatic carbocycles. The number of hydrogen-bond donors (Lipinski definition) is 3. The average Bonchev–Trinajstić information content (AvgIpc) is 2.82. The molecule has 0 bridgehead atoms. The monoisotopic (exact) mass is 476 g/mol. The highest BCUT2D eigenvalue weighted by atomic mass is 16.1. The molecule has 2 atom stereocenters. The van der Waals surface area contributed by atoms with Crippen LogP contribution in [0.2, 0.25) is 0 Å². The zero-order valence-electron chi connectivity index (χ0n) is 21.5. The van der Waals surface area contributed by atoms with Gasteiger partial charge in [0, 0.05) is 17.7 Å². The summed E-state index contributed by atoms with van der Waals surface area (Å²) >= 11 is 0. The van der Waals surface area contributed by atoms with Gasteiger partial charge < -0.3 is 11.1 Å². The van der Waals surface area contributed by atoms with E-state index >= 15 is 0 Å². The van der Waals surface area contributed by atoms with Crippen LogP contribution in [0, 0.1) is 17.3 Å². The minimum absolute atomic E-state index is 0.00779. The van der Waals surface area contributed by atoms with Crippen molar-refractivity contribution in [1.82, 2.24) is 19.9 Å². The highest BCUT2D eigenvalue weighted by molar-refractivity contribution is 5.96. The molecule has 0 saturated heterocycles. The molecular weight excluding hydrogens is 440 g/mol. The van der Waals surface area contributed by atoms with Crippen molar-refractivity contribution in [3.05, 3.63) is 63.7 Å². The first-order valence-electron chi connectivity index (χ1n) is 12.0. The molecular formula is C27H36N6O2. The number of carbonyl (C=O) groups is 1. The molecule has 2 heterocycles. The molecule has 186 valence electrons. The number of benzene rings is 1. The van der Waals surface area contributed by atoms with Crippen LogP contribution in [-0.4, -0.2) is 25.7 Å². The summed E-state index contributed by atoms with van der Waals surface area (Å²) in [5.74, 6) is 1.06. The summed E-state index contributed by atoms with van der Waals surface area (Å²) in [5, 5.41) is 3.25. The number of ketones is 1. The highest BCUT2D eigenvalue weighted by Crippen LogP contribution is 2.38. The van der Waals surface area contributed by atoms with Crippen molar-refractivity contribution in [3.63, 3.8) is 0 Å². The lowest BCUT2D eigenvalue weighted by Crippen LogP contribution is -2.30. The van der Waals surface area contributed by atoms with Gasteiger partial charge in [-0.3, -0.25) is 14.6 Å². The van der Waals surface area contributed by atoms with Gasteiger partial charge in [-0.25, -0.2) is 9.97 Å². The Kier molecular flexibility index (Phi) is 8.04. The third-order valence-electron chi connectivity index (χ3n) is 7.01. The Morgan fingerprint density at radius 2 is 1.89 bits per heavy atom. The number of aromatic nitrogens is 4. The second-order valence-electron chi connectivity index (χ2n) is 10.1. The Balaban J connectivity index is 1.61. The number of fused-ring (bicyclic) bond motifs is 1. The van der Waals surface area contributed by atoms with E-state index in [2.05, 4.69) is 72.9 Å². The van der Waals surface area contributed by atoms with Crippen LogP contribution in [-0.2, 0) is 6.54 Å². The number of aromatic amines is 1. The Morgan fingerprint density at radius 1 is 1.20 bits per heavy atom. The van der Waals surface area contributed by atoms with Gasteiger partial charge in [0.25, 0.3) is 5.56 Å². The maximum Gasteiger partial charge on any atom is 0.280 e. The molecule has 4 N–H and O–H groups in total. The number of nitrogens with zero attached hydrogens (tertiary/aromatic N) is 3. The van der Waals surface area contributed by atoms with Crippen LogP contribution in [0.1, 0.15) is 70.4 Å². The second-order valence-corrected chi connectivity index (χ2v) is 10.1. The Hall–Kier alpha value is -3.55. The van der Waals surface area contributed by atoms with Crippen molar-refractivity contribution < 1.29 is 4.79 Å². The number of hydrogen-bond acceptors (Lipinski definition) is 7. The predicted octanol–water partition coefficient (Wildman–Crippen LogP) is 5.13. The lowest BCUT2D eigenvalue weighted by atomic mass is 9.69. The van der Waals surface area contributed by atoms with Gasteiger partial charge >= 0.3 is 0 Å². The van der Waals surface area contributed by atoms with Gasteiger partial charge in [-0.2, -0.15) is 4.98 Å². The van der Waals surface area contributed by atoms with E-state index in [1.54, 1.807) is 6.20 Å². The van der Waals surface area contributed by atoms with E-state index < -0.39 is 5.56 Å². The number of Topliss-reactive ketones (excluding diaryl/α,β-unsaturated/α-hetero) is 1. The topological polar surface area (TPSA) is 127 Å². The van der Waals surface area contributed by atoms with E-state index in [1.165, 1.54) is 5.57 Å². The molecule has 8 nitrogen and oxygen atoms in total. The van der Waals surface area contributed by atoms with Gasteiger partial charge in [0.1, 0.15) is 0 Å². The van der Waals surface area contributed by atoms with Crippen LogP contribution >= 0.6 is 0 Å². The van der Waals surface area contributed by atoms with E-state index in [9.17, 15) is 9.59 Å². The normalized spacial score (nSPS) is 14.1. The molecule has 3 rings (SSSR count). The summed E-state index contributed by atoms with van der Waals surface area (Å²) in [6.45, 7) is 13.5. The van der Waals surface area contributed by atoms with Crippen molar-refractivity contribution in [3.8, 4) is 0 Å². The summed E-state index contributed by atoms with van der Waals surface area (Å²) in [6.07, 6.45) is 5.27. The van der Waals surface area contributed by atoms with Crippen molar-refractivity contribution in [2.75, 3.05) is 11.1 Å². The first-order chi connectivity index (χ1) is 16.5. The van der Waals surface area contributed by atoms with Gasteiger partial charge in [-0.1, -0.05) is 39.3 Å². The maximum absolute atomic E-state index is 13.0. The SMILES string of the molecule is CC=C(C)CC(C)C(C)C(C)(C)CC(=O)c1ccc(NCc2cnc3nc(N)[nH]c(=O)c3n2)cc1. The molecule has 35 heavy (non-hydrogen) atoms. The fraction of sp³-hybridized carbons (Fsp3) is 0.444. The van der Waals surface area contributed by atoms with Crippen molar-refractivity contribution >= 4 is 28.6 Å². The quantitative estimate of drug-likeness (QED) is 0.273. The number of allylic oxidation sites excluding steroid dienone is 2. The second kappa shape index (κ2) is 10.8. The van der Waals surface area contributed by atoms with Gasteiger partial charge in [0.05, 0.1) is 18.4 Å². The van der Waals surface area contributed by atoms with Crippen LogP contribution in [0.4, 0.5) is 11.6 Å². The van der Waals surface area contributed by atoms with E-state index in [0.717, 1.165) is 12.1 Å². The molecule has 0 fully saturated rings. The van der Waals surface area contributed by atoms with Crippen LogP contribution in [0.15, 0.2) is 46.9 Å². The van der Waals surface area contributed by atoms with E-state index in [1.807, 2.05) is 24.3 Å². The minimum Gasteiger partial charge on any atom is -0.379 e. The minimum atomic E-state index is -0.423. The van der Waals surface area contributed by atoms with Gasteiger partial charge in [-0.05, 0) is 61.8 Å². The van der Waals surface area contributed by atoms with Crippen LogP contribution in [0.3, 0.4) is 0 Å². The summed E-state index contributed by atoms with van der Waals surface area (Å²) in [5.41, 5.74) is 8.89. The lowest BCUT2D eigenvalue weighted by molar-refractivity contribution is 0.0841. The third kappa shape index (κ3) is 6.53. The zero-order chi connectivity index (χ0) is 25.8. The van der Waals surface area contributed by atoms with Crippen LogP contribution in [0.25, 0.3) is 11.2 Å². The van der Waals surface area contributed by atoms with Gasteiger partial charge in [-0.15, -0.1) is 0 Å². The number of H-pyrrole nitrogens is 1. The summed E-state index contributed by atoms with van der Waals surface area (Å²) in [4.78, 5) is 40.0. The molecule has 0 amide bonds. The number of carbonyl (C=O) groups excluding carboxylic acids is 1. The molecule has 3 aromatic rings. The van der Waals surface area contributed by atoms with Crippen molar-refractivity contribution in [2.24, 2.45) is 17.3 Å². The standard InChI is InChI=1S/C27H36N6O2/c1-7-16(2)12-17(3)18(4)27(5,6)13-22(34)19-8-10-20(11-9-19)29-14-21-15-30-24-23(31-21)25(35)33-26(28)32-24/h7-11,15,17-18,29H,12-14H2,1-6H3,(H3,28,30,32,33,35). The number of nitrogens with two attached hydrogens (primary N) is 1. The number of nitrogens with one attached hydrogen (secondary N) is 2. The Labute approximate surface area is 206 Å². The fourth-order valence-corrected chi connectivity index (χ4v) is 4.27. The summed E-state index contributed by atoms with van der Waals surface area (Å²) in [6, 6.07) is 7.46. The predicted molar refractivity (Wildman–Crippen MR) is 141 cm³/mol. The molecule has 2 aromatic heterocycles. The molecule has 2 unspecified atom stereocenters. The van der Waals surface area contributed by atoms with Crippen molar-refractivity contribution in [2.45, 2.75) is 60.9 Å². The molecule has 0 saturated carbocycles. The van der Waals surface area contributed by atoms with E-state index in [-0.39, 0.29) is 28.3 Å². The first-order valence-corrected chi connectivity index (χ1v) is 12.0. The summed E-state index contributed by atoms with van der Waals surface area (Å²) < 4.78 is 0. The average molecular weight is 477 g/mol. The first kappa shape index (κ1) is 26.1. The Bertz CT molecular complexity index is 1280. The zero-order valence-corrected chi connectivity index (χ0v) is 21.5. The van der Waals surface area contributed by atoms with E-state index in [4.69, 9.17) is 5.73 Å². The fourth-order valence-electron chi connectivity index (χ4n) is 4.27. The number of nitrogen functional groups attached to an aromatic ring is 1. The number of anilines is 2. The lowest BCUT2D eigenvalue weighted by Gasteiger charge is -2.36. The largest absolute Gasteiger partial charge is 0.379 e. The van der Waals surface area contributed by atoms with Crippen molar-refractivity contribution in [1.29, 1.82) is 0 Å². The van der Waals surface area contributed by atoms with Crippen LogP contribution in [0.5, 0.6) is 0 Å². The molecule has 0 aliphatic rings. The Morgan fingerprint density at radius 3 is 2.54 bits per heavy atom. The molecule has 0 aliphatic heterocycles. The highest BCUT2D eigenvalue weighted by Gasteiger charge is 2.32. The van der Waals surface area contributed by atoms with Crippen LogP contribution < -0.4 is 16.6 Å². The maximum atomic E-state index is 13.0. The summed E-state index contributed by atoms with van der Waals surface area (Å²) in [7, 11) is 0. The van der Waals surface area contributed by atoms with Gasteiger partial charge in [0.2, 0.25) is 5.95 Å².